The maximum Gasteiger partial charge on any atom is 0.318 e. The van der Waals surface area contributed by atoms with E-state index in [1.54, 1.807) is 4.90 Å². The van der Waals surface area contributed by atoms with E-state index in [0.717, 1.165) is 66.0 Å². The van der Waals surface area contributed by atoms with Gasteiger partial charge in [0, 0.05) is 48.9 Å². The molecule has 1 amide bonds. The summed E-state index contributed by atoms with van der Waals surface area (Å²) in [5.74, 6) is 0.453. The summed E-state index contributed by atoms with van der Waals surface area (Å²) >= 11 is 6.76. The summed E-state index contributed by atoms with van der Waals surface area (Å²) < 4.78 is 12.2. The highest BCUT2D eigenvalue weighted by Gasteiger charge is 2.36. The van der Waals surface area contributed by atoms with Gasteiger partial charge in [-0.15, -0.1) is 0 Å². The van der Waals surface area contributed by atoms with Gasteiger partial charge in [0.1, 0.15) is 18.0 Å². The number of halogens is 1. The Kier molecular flexibility index (Phi) is 11.5. The van der Waals surface area contributed by atoms with E-state index in [9.17, 15) is 14.9 Å². The van der Waals surface area contributed by atoms with Crippen molar-refractivity contribution in [2.24, 2.45) is 5.41 Å². The number of ether oxygens (including phenoxy) is 2. The highest BCUT2D eigenvalue weighted by Crippen LogP contribution is 2.37. The number of nitriles is 1. The summed E-state index contributed by atoms with van der Waals surface area (Å²) in [7, 11) is 0. The van der Waals surface area contributed by atoms with E-state index in [4.69, 9.17) is 31.0 Å². The monoisotopic (exact) mass is 741 g/mol. The van der Waals surface area contributed by atoms with Gasteiger partial charge in [0.05, 0.1) is 41.2 Å². The molecule has 0 bridgehead atoms. The number of amides is 1. The van der Waals surface area contributed by atoms with Gasteiger partial charge in [-0.3, -0.25) is 14.5 Å². The Morgan fingerprint density at radius 2 is 1.81 bits per heavy atom. The average Bonchev–Trinajstić information content (AvgIpc) is 3.59. The van der Waals surface area contributed by atoms with Crippen molar-refractivity contribution in [3.63, 3.8) is 0 Å². The van der Waals surface area contributed by atoms with Crippen molar-refractivity contribution in [2.75, 3.05) is 55.7 Å². The van der Waals surface area contributed by atoms with Crippen molar-refractivity contribution < 1.29 is 19.1 Å². The minimum absolute atomic E-state index is 0.162. The molecule has 282 valence electrons. The molecular formula is C41H52ClN7O4. The summed E-state index contributed by atoms with van der Waals surface area (Å²) in [5, 5.41) is 12.5. The van der Waals surface area contributed by atoms with Crippen LogP contribution in [0.5, 0.6) is 6.01 Å². The van der Waals surface area contributed by atoms with Gasteiger partial charge in [0.2, 0.25) is 5.91 Å². The predicted molar refractivity (Wildman–Crippen MR) is 208 cm³/mol. The number of anilines is 2. The molecule has 53 heavy (non-hydrogen) atoms. The van der Waals surface area contributed by atoms with Gasteiger partial charge in [0.25, 0.3) is 0 Å². The maximum absolute atomic E-state index is 12.9. The smallest absolute Gasteiger partial charge is 0.318 e. The number of likely N-dealkylation sites (tertiary alicyclic amines) is 1. The number of fused-ring (bicyclic) bond motifs is 2. The number of carbonyl (C=O) groups excluding carboxylic acids is 2. The number of benzene rings is 2. The normalized spacial score (nSPS) is 19.5. The third-order valence-electron chi connectivity index (χ3n) is 10.6. The molecule has 3 aromatic rings. The number of hydrogen-bond acceptors (Lipinski definition) is 10. The van der Waals surface area contributed by atoms with Crippen LogP contribution in [0.25, 0.3) is 10.8 Å². The van der Waals surface area contributed by atoms with Gasteiger partial charge in [-0.1, -0.05) is 42.4 Å². The average molecular weight is 742 g/mol. The molecule has 4 heterocycles. The van der Waals surface area contributed by atoms with Crippen LogP contribution in [-0.4, -0.2) is 95.2 Å². The van der Waals surface area contributed by atoms with Crippen molar-refractivity contribution >= 4 is 45.8 Å². The van der Waals surface area contributed by atoms with Crippen molar-refractivity contribution in [1.82, 2.24) is 19.8 Å². The SMILES string of the molecule is C=CC(=O)N1CCN(c2nc(OC[C@@H]3CCCN3CCC(C)(C)C(=O)OC(C)(C)C)nc3c2CCN(c2cccc4cccc(Cl)c24)C3)C[C@@H]1CC#N. The van der Waals surface area contributed by atoms with Crippen molar-refractivity contribution in [1.29, 1.82) is 5.26 Å². The second kappa shape index (κ2) is 15.9. The van der Waals surface area contributed by atoms with Gasteiger partial charge < -0.3 is 24.2 Å². The minimum Gasteiger partial charge on any atom is -0.462 e. The highest BCUT2D eigenvalue weighted by atomic mass is 35.5. The number of piperazine rings is 1. The van der Waals surface area contributed by atoms with Gasteiger partial charge in [0.15, 0.2) is 0 Å². The standard InChI is InChI=1S/C41H52ClN7O4/c1-7-35(50)49-24-23-48(25-29(49)16-19-43)37-31-17-21-47(34-15-9-12-28-11-8-14-32(42)36(28)34)26-33(31)44-39(45-37)52-27-30-13-10-20-46(30)22-18-41(5,6)38(51)53-40(2,3)4/h7-9,11-12,14-15,29-30H,1,10,13,16-18,20-27H2,2-6H3/t29-,30-/m0/s1. The van der Waals surface area contributed by atoms with Gasteiger partial charge in [-0.05, 0) is 97.0 Å². The molecule has 1 aromatic heterocycles. The van der Waals surface area contributed by atoms with E-state index in [2.05, 4.69) is 51.6 Å². The van der Waals surface area contributed by atoms with Crippen molar-refractivity contribution in [2.45, 2.75) is 91.0 Å². The van der Waals surface area contributed by atoms with E-state index in [1.165, 1.54) is 6.08 Å². The summed E-state index contributed by atoms with van der Waals surface area (Å²) in [5.41, 5.74) is 1.87. The Morgan fingerprint density at radius 3 is 2.55 bits per heavy atom. The van der Waals surface area contributed by atoms with Crippen LogP contribution in [0.2, 0.25) is 5.02 Å². The van der Waals surface area contributed by atoms with Crippen LogP contribution < -0.4 is 14.5 Å². The van der Waals surface area contributed by atoms with Crippen LogP contribution in [0, 0.1) is 16.7 Å². The van der Waals surface area contributed by atoms with E-state index in [0.29, 0.717) is 56.7 Å². The molecule has 0 spiro atoms. The van der Waals surface area contributed by atoms with Crippen LogP contribution in [0.3, 0.4) is 0 Å². The third-order valence-corrected chi connectivity index (χ3v) is 11.0. The molecule has 2 fully saturated rings. The molecular weight excluding hydrogens is 690 g/mol. The van der Waals surface area contributed by atoms with Crippen LogP contribution in [0.1, 0.15) is 71.6 Å². The first-order chi connectivity index (χ1) is 25.3. The quantitative estimate of drug-likeness (QED) is 0.158. The Balaban J connectivity index is 1.25. The second-order valence-electron chi connectivity index (χ2n) is 16.0. The van der Waals surface area contributed by atoms with Crippen molar-refractivity contribution in [3.8, 4) is 12.1 Å². The number of rotatable bonds is 11. The highest BCUT2D eigenvalue weighted by molar-refractivity contribution is 6.36. The summed E-state index contributed by atoms with van der Waals surface area (Å²) in [6.45, 7) is 18.2. The zero-order valence-corrected chi connectivity index (χ0v) is 32.5. The van der Waals surface area contributed by atoms with Gasteiger partial charge in [-0.2, -0.15) is 15.2 Å². The van der Waals surface area contributed by atoms with E-state index < -0.39 is 11.0 Å². The Bertz CT molecular complexity index is 1880. The molecule has 3 aliphatic heterocycles. The maximum atomic E-state index is 12.9. The fraction of sp³-hybridized carbons (Fsp3) is 0.537. The molecule has 3 aliphatic rings. The van der Waals surface area contributed by atoms with E-state index in [1.807, 2.05) is 46.8 Å². The lowest BCUT2D eigenvalue weighted by atomic mass is 9.89. The Morgan fingerprint density at radius 1 is 1.04 bits per heavy atom. The lowest BCUT2D eigenvalue weighted by molar-refractivity contribution is -0.166. The van der Waals surface area contributed by atoms with Crippen LogP contribution >= 0.6 is 11.6 Å². The van der Waals surface area contributed by atoms with E-state index >= 15 is 0 Å². The number of aromatic nitrogens is 2. The van der Waals surface area contributed by atoms with Crippen LogP contribution in [-0.2, 0) is 27.3 Å². The van der Waals surface area contributed by atoms with Crippen LogP contribution in [0.15, 0.2) is 49.1 Å². The molecule has 0 radical (unpaired) electrons. The lowest BCUT2D eigenvalue weighted by Gasteiger charge is -2.42. The van der Waals surface area contributed by atoms with E-state index in [-0.39, 0.29) is 30.4 Å². The molecule has 12 heteroatoms. The first kappa shape index (κ1) is 38.3. The topological polar surface area (TPSA) is 115 Å². The molecule has 0 unspecified atom stereocenters. The molecule has 6 rings (SSSR count). The number of carbonyl (C=O) groups is 2. The number of hydrogen-bond donors (Lipinski definition) is 0. The largest absolute Gasteiger partial charge is 0.462 e. The third kappa shape index (κ3) is 8.71. The molecule has 2 aromatic carbocycles. The molecule has 2 atom stereocenters. The predicted octanol–water partition coefficient (Wildman–Crippen LogP) is 6.56. The molecule has 11 nitrogen and oxygen atoms in total. The fourth-order valence-corrected chi connectivity index (χ4v) is 7.96. The zero-order valence-electron chi connectivity index (χ0n) is 31.7. The van der Waals surface area contributed by atoms with Crippen molar-refractivity contribution in [3.05, 3.63) is 65.3 Å². The summed E-state index contributed by atoms with van der Waals surface area (Å²) in [6, 6.07) is 14.7. The molecule has 0 saturated carbocycles. The lowest BCUT2D eigenvalue weighted by Crippen LogP contribution is -2.55. The van der Waals surface area contributed by atoms with Crippen LogP contribution in [0.4, 0.5) is 11.5 Å². The first-order valence-corrected chi connectivity index (χ1v) is 19.1. The first-order valence-electron chi connectivity index (χ1n) is 18.7. The Labute approximate surface area is 318 Å². The zero-order chi connectivity index (χ0) is 37.9. The number of esters is 1. The summed E-state index contributed by atoms with van der Waals surface area (Å²) in [6.07, 6.45) is 4.95. The molecule has 0 N–H and O–H groups in total. The molecule has 2 saturated heterocycles. The minimum atomic E-state index is -0.609. The fourth-order valence-electron chi connectivity index (χ4n) is 7.69. The second-order valence-corrected chi connectivity index (χ2v) is 16.4. The number of nitrogens with zero attached hydrogens (tertiary/aromatic N) is 7. The van der Waals surface area contributed by atoms with Gasteiger partial charge in [-0.25, -0.2) is 0 Å². The Hall–Kier alpha value is -4.40. The molecule has 0 aliphatic carbocycles. The van der Waals surface area contributed by atoms with Gasteiger partial charge >= 0.3 is 12.0 Å². The summed E-state index contributed by atoms with van der Waals surface area (Å²) in [4.78, 5) is 44.4.